The zero-order valence-electron chi connectivity index (χ0n) is 11.2. The quantitative estimate of drug-likeness (QED) is 0.876. The van der Waals surface area contributed by atoms with Crippen LogP contribution in [0.3, 0.4) is 0 Å². The Labute approximate surface area is 129 Å². The Morgan fingerprint density at radius 1 is 1.35 bits per heavy atom. The fraction of sp³-hybridized carbons (Fsp3) is 0.533. The molecule has 2 unspecified atom stereocenters. The predicted molar refractivity (Wildman–Crippen MR) is 81.1 cm³/mol. The van der Waals surface area contributed by atoms with E-state index in [-0.39, 0.29) is 12.0 Å². The lowest BCUT2D eigenvalue weighted by Crippen LogP contribution is -2.28. The SMILES string of the molecule is O=C(CCc1ccc(Cl)cc1Cl)NCC1CCC(O)C1. The summed E-state index contributed by atoms with van der Waals surface area (Å²) >= 11 is 11.9. The van der Waals surface area contributed by atoms with Crippen molar-refractivity contribution in [3.63, 3.8) is 0 Å². The van der Waals surface area contributed by atoms with Crippen LogP contribution in [0.5, 0.6) is 0 Å². The number of carbonyl (C=O) groups is 1. The summed E-state index contributed by atoms with van der Waals surface area (Å²) < 4.78 is 0. The molecule has 2 rings (SSSR count). The molecule has 1 aliphatic carbocycles. The Morgan fingerprint density at radius 2 is 2.15 bits per heavy atom. The van der Waals surface area contributed by atoms with E-state index in [9.17, 15) is 9.90 Å². The first-order chi connectivity index (χ1) is 9.54. The van der Waals surface area contributed by atoms with Crippen molar-refractivity contribution in [2.24, 2.45) is 5.92 Å². The van der Waals surface area contributed by atoms with Crippen LogP contribution in [0.25, 0.3) is 0 Å². The van der Waals surface area contributed by atoms with Crippen LogP contribution in [0.1, 0.15) is 31.2 Å². The zero-order chi connectivity index (χ0) is 14.5. The second kappa shape index (κ2) is 7.30. The van der Waals surface area contributed by atoms with Gasteiger partial charge in [-0.25, -0.2) is 0 Å². The van der Waals surface area contributed by atoms with E-state index in [0.29, 0.717) is 35.3 Å². The van der Waals surface area contributed by atoms with E-state index in [2.05, 4.69) is 5.32 Å². The molecule has 5 heteroatoms. The average Bonchev–Trinajstić information content (AvgIpc) is 2.81. The molecule has 1 aromatic carbocycles. The van der Waals surface area contributed by atoms with Crippen LogP contribution in [0.2, 0.25) is 10.0 Å². The molecule has 20 heavy (non-hydrogen) atoms. The Bertz CT molecular complexity index is 479. The Balaban J connectivity index is 1.72. The highest BCUT2D eigenvalue weighted by molar-refractivity contribution is 6.35. The number of benzene rings is 1. The number of hydrogen-bond acceptors (Lipinski definition) is 2. The molecule has 2 atom stereocenters. The van der Waals surface area contributed by atoms with Crippen LogP contribution in [0.15, 0.2) is 18.2 Å². The number of hydrogen-bond donors (Lipinski definition) is 2. The second-order valence-electron chi connectivity index (χ2n) is 5.37. The summed E-state index contributed by atoms with van der Waals surface area (Å²) in [6.45, 7) is 0.657. The molecule has 0 saturated heterocycles. The van der Waals surface area contributed by atoms with Crippen molar-refractivity contribution >= 4 is 29.1 Å². The summed E-state index contributed by atoms with van der Waals surface area (Å²) in [6.07, 6.45) is 3.46. The molecule has 0 aromatic heterocycles. The van der Waals surface area contributed by atoms with Crippen LogP contribution in [0, 0.1) is 5.92 Å². The third-order valence-electron chi connectivity index (χ3n) is 3.74. The van der Waals surface area contributed by atoms with Crippen molar-refractivity contribution in [1.29, 1.82) is 0 Å². The first-order valence-electron chi connectivity index (χ1n) is 6.93. The van der Waals surface area contributed by atoms with Gasteiger partial charge >= 0.3 is 0 Å². The summed E-state index contributed by atoms with van der Waals surface area (Å²) in [7, 11) is 0. The molecule has 0 bridgehead atoms. The van der Waals surface area contributed by atoms with E-state index >= 15 is 0 Å². The lowest BCUT2D eigenvalue weighted by atomic mass is 10.1. The van der Waals surface area contributed by atoms with Crippen molar-refractivity contribution < 1.29 is 9.90 Å². The fourth-order valence-electron chi connectivity index (χ4n) is 2.55. The van der Waals surface area contributed by atoms with Gasteiger partial charge in [0.25, 0.3) is 0 Å². The predicted octanol–water partition coefficient (Wildman–Crippen LogP) is 3.20. The van der Waals surface area contributed by atoms with Crippen LogP contribution in [-0.4, -0.2) is 23.7 Å². The lowest BCUT2D eigenvalue weighted by Gasteiger charge is -2.11. The van der Waals surface area contributed by atoms with Gasteiger partial charge in [-0.05, 0) is 49.3 Å². The third kappa shape index (κ3) is 4.65. The molecule has 110 valence electrons. The third-order valence-corrected chi connectivity index (χ3v) is 4.32. The molecule has 1 saturated carbocycles. The van der Waals surface area contributed by atoms with Gasteiger partial charge in [-0.1, -0.05) is 29.3 Å². The molecule has 1 fully saturated rings. The maximum absolute atomic E-state index is 11.8. The summed E-state index contributed by atoms with van der Waals surface area (Å²) in [6, 6.07) is 5.32. The summed E-state index contributed by atoms with van der Waals surface area (Å²) in [5, 5.41) is 13.6. The average molecular weight is 316 g/mol. The van der Waals surface area contributed by atoms with Gasteiger partial charge in [0.2, 0.25) is 5.91 Å². The minimum absolute atomic E-state index is 0.0254. The van der Waals surface area contributed by atoms with Crippen LogP contribution in [-0.2, 0) is 11.2 Å². The van der Waals surface area contributed by atoms with Crippen molar-refractivity contribution in [2.45, 2.75) is 38.2 Å². The summed E-state index contributed by atoms with van der Waals surface area (Å²) in [4.78, 5) is 11.8. The largest absolute Gasteiger partial charge is 0.393 e. The maximum atomic E-state index is 11.8. The molecule has 0 heterocycles. The van der Waals surface area contributed by atoms with Gasteiger partial charge in [-0.2, -0.15) is 0 Å². The van der Waals surface area contributed by atoms with Gasteiger partial charge in [0, 0.05) is 23.0 Å². The van der Waals surface area contributed by atoms with Crippen molar-refractivity contribution in [3.05, 3.63) is 33.8 Å². The van der Waals surface area contributed by atoms with E-state index in [4.69, 9.17) is 23.2 Å². The molecule has 0 spiro atoms. The Kier molecular flexibility index (Phi) is 5.70. The van der Waals surface area contributed by atoms with Crippen LogP contribution in [0.4, 0.5) is 0 Å². The number of nitrogens with one attached hydrogen (secondary N) is 1. The molecule has 1 amide bonds. The van der Waals surface area contributed by atoms with Crippen molar-refractivity contribution in [2.75, 3.05) is 6.54 Å². The second-order valence-corrected chi connectivity index (χ2v) is 6.22. The molecule has 0 radical (unpaired) electrons. The van der Waals surface area contributed by atoms with Gasteiger partial charge in [0.1, 0.15) is 0 Å². The first kappa shape index (κ1) is 15.6. The molecular formula is C15H19Cl2NO2. The highest BCUT2D eigenvalue weighted by Crippen LogP contribution is 2.25. The molecular weight excluding hydrogens is 297 g/mol. The van der Waals surface area contributed by atoms with Crippen LogP contribution < -0.4 is 5.32 Å². The topological polar surface area (TPSA) is 49.3 Å². The zero-order valence-corrected chi connectivity index (χ0v) is 12.8. The van der Waals surface area contributed by atoms with Crippen LogP contribution >= 0.6 is 23.2 Å². The standard InChI is InChI=1S/C15H19Cl2NO2/c16-12-4-2-11(14(17)8-12)3-6-15(20)18-9-10-1-5-13(19)7-10/h2,4,8,10,13,19H,1,3,5-7,9H2,(H,18,20). The van der Waals surface area contributed by atoms with Gasteiger partial charge < -0.3 is 10.4 Å². The van der Waals surface area contributed by atoms with Crippen molar-refractivity contribution in [1.82, 2.24) is 5.32 Å². The van der Waals surface area contributed by atoms with Crippen molar-refractivity contribution in [3.8, 4) is 0 Å². The number of rotatable bonds is 5. The summed E-state index contributed by atoms with van der Waals surface area (Å²) in [5.41, 5.74) is 0.933. The Hall–Kier alpha value is -0.770. The highest BCUT2D eigenvalue weighted by atomic mass is 35.5. The smallest absolute Gasteiger partial charge is 0.220 e. The monoisotopic (exact) mass is 315 g/mol. The molecule has 0 aliphatic heterocycles. The normalized spacial score (nSPS) is 21.9. The number of aliphatic hydroxyl groups is 1. The lowest BCUT2D eigenvalue weighted by molar-refractivity contribution is -0.121. The minimum Gasteiger partial charge on any atom is -0.393 e. The highest BCUT2D eigenvalue weighted by Gasteiger charge is 2.22. The number of halogens is 2. The van der Waals surface area contributed by atoms with E-state index in [1.165, 1.54) is 0 Å². The summed E-state index contributed by atoms with van der Waals surface area (Å²) in [5.74, 6) is 0.436. The van der Waals surface area contributed by atoms with Gasteiger partial charge in [-0.15, -0.1) is 0 Å². The van der Waals surface area contributed by atoms with E-state index < -0.39 is 0 Å². The fourth-order valence-corrected chi connectivity index (χ4v) is 3.06. The number of amides is 1. The minimum atomic E-state index is -0.190. The maximum Gasteiger partial charge on any atom is 0.220 e. The van der Waals surface area contributed by atoms with E-state index in [1.807, 2.05) is 6.07 Å². The number of carbonyl (C=O) groups excluding carboxylic acids is 1. The molecule has 1 aromatic rings. The number of aryl methyl sites for hydroxylation is 1. The van der Waals surface area contributed by atoms with E-state index in [0.717, 1.165) is 24.8 Å². The first-order valence-corrected chi connectivity index (χ1v) is 7.69. The molecule has 2 N–H and O–H groups in total. The molecule has 1 aliphatic rings. The Morgan fingerprint density at radius 3 is 2.80 bits per heavy atom. The van der Waals surface area contributed by atoms with Gasteiger partial charge in [-0.3, -0.25) is 4.79 Å². The number of aliphatic hydroxyl groups excluding tert-OH is 1. The molecule has 3 nitrogen and oxygen atoms in total. The van der Waals surface area contributed by atoms with Gasteiger partial charge in [0.05, 0.1) is 6.10 Å². The van der Waals surface area contributed by atoms with Gasteiger partial charge in [0.15, 0.2) is 0 Å². The van der Waals surface area contributed by atoms with E-state index in [1.54, 1.807) is 12.1 Å².